The Bertz CT molecular complexity index is 674. The minimum Gasteiger partial charge on any atom is -0.462 e. The molecule has 146 valence electrons. The lowest BCUT2D eigenvalue weighted by molar-refractivity contribution is -0.138. The van der Waals surface area contributed by atoms with Gasteiger partial charge in [-0.25, -0.2) is 4.79 Å². The largest absolute Gasteiger partial charge is 0.462 e. The van der Waals surface area contributed by atoms with E-state index in [2.05, 4.69) is 22.2 Å². The molecule has 0 spiro atoms. The highest BCUT2D eigenvalue weighted by Crippen LogP contribution is 2.19. The summed E-state index contributed by atoms with van der Waals surface area (Å²) in [5, 5.41) is 7.07. The average molecular weight is 370 g/mol. The van der Waals surface area contributed by atoms with E-state index in [0.29, 0.717) is 24.8 Å². The molecule has 1 aliphatic carbocycles. The van der Waals surface area contributed by atoms with Crippen LogP contribution in [-0.2, 0) is 16.1 Å². The molecule has 1 aromatic rings. The van der Waals surface area contributed by atoms with Gasteiger partial charge in [0.05, 0.1) is 17.9 Å². The molecule has 0 atom stereocenters. The summed E-state index contributed by atoms with van der Waals surface area (Å²) in [5.74, 6) is -0.360. The van der Waals surface area contributed by atoms with E-state index in [0.717, 1.165) is 17.0 Å². The van der Waals surface area contributed by atoms with Crippen molar-refractivity contribution >= 4 is 5.97 Å². The third kappa shape index (κ3) is 6.93. The number of aromatic nitrogens is 1. The van der Waals surface area contributed by atoms with Crippen LogP contribution >= 0.6 is 0 Å². The Morgan fingerprint density at radius 1 is 1.30 bits per heavy atom. The lowest BCUT2D eigenvalue weighted by Crippen LogP contribution is -2.32. The fraction of sp³-hybridized carbons (Fsp3) is 0.455. The Morgan fingerprint density at radius 2 is 2.00 bits per heavy atom. The highest BCUT2D eigenvalue weighted by molar-refractivity contribution is 5.92. The van der Waals surface area contributed by atoms with Crippen LogP contribution in [0.15, 0.2) is 60.2 Å². The van der Waals surface area contributed by atoms with Gasteiger partial charge in [0.1, 0.15) is 0 Å². The maximum Gasteiger partial charge on any atom is 0.338 e. The molecule has 0 aliphatic heterocycles. The first-order chi connectivity index (χ1) is 13.1. The quantitative estimate of drug-likeness (QED) is 0.391. The smallest absolute Gasteiger partial charge is 0.338 e. The number of allylic oxidation sites excluding steroid dienone is 2. The van der Waals surface area contributed by atoms with Crippen LogP contribution in [0.5, 0.6) is 0 Å². The molecule has 2 N–H and O–H groups in total. The zero-order valence-corrected chi connectivity index (χ0v) is 16.5. The van der Waals surface area contributed by atoms with Crippen LogP contribution in [0, 0.1) is 0 Å². The van der Waals surface area contributed by atoms with Crippen LogP contribution in [-0.4, -0.2) is 23.6 Å². The Balaban J connectivity index is 2.21. The van der Waals surface area contributed by atoms with Gasteiger partial charge in [-0.1, -0.05) is 31.9 Å². The summed E-state index contributed by atoms with van der Waals surface area (Å²) in [5.41, 5.74) is 3.47. The molecule has 1 saturated carbocycles. The zero-order chi connectivity index (χ0) is 19.5. The van der Waals surface area contributed by atoms with Crippen molar-refractivity contribution in [3.05, 3.63) is 65.8 Å². The number of nitrogens with one attached hydrogen (secondary N) is 2. The molecule has 0 saturated heterocycles. The standard InChI is InChI=1S/C22H31N3O2/c1-4-19(22(26)27-5-2)15-21(24-16-18-11-13-23-14-12-18)17(3)25-20-9-7-6-8-10-20/h4,11-15,20,24-25H,1,5-10,16H2,2-3H3/b19-15+,21-17-. The molecular weight excluding hydrogens is 338 g/mol. The molecule has 2 rings (SSSR count). The second-order valence-corrected chi connectivity index (χ2v) is 6.75. The van der Waals surface area contributed by atoms with Crippen molar-refractivity contribution in [3.8, 4) is 0 Å². The normalized spacial score (nSPS) is 16.3. The number of rotatable bonds is 9. The van der Waals surface area contributed by atoms with Gasteiger partial charge in [0.25, 0.3) is 0 Å². The van der Waals surface area contributed by atoms with Gasteiger partial charge in [-0.2, -0.15) is 0 Å². The summed E-state index contributed by atoms with van der Waals surface area (Å²) >= 11 is 0. The molecular formula is C22H31N3O2. The molecule has 5 heteroatoms. The second-order valence-electron chi connectivity index (χ2n) is 6.75. The van der Waals surface area contributed by atoms with Crippen LogP contribution in [0.3, 0.4) is 0 Å². The van der Waals surface area contributed by atoms with Crippen molar-refractivity contribution in [1.82, 2.24) is 15.6 Å². The van der Waals surface area contributed by atoms with E-state index >= 15 is 0 Å². The highest BCUT2D eigenvalue weighted by atomic mass is 16.5. The van der Waals surface area contributed by atoms with Gasteiger partial charge in [-0.3, -0.25) is 4.98 Å². The molecule has 5 nitrogen and oxygen atoms in total. The van der Waals surface area contributed by atoms with Crippen molar-refractivity contribution in [2.45, 2.75) is 58.5 Å². The van der Waals surface area contributed by atoms with E-state index in [-0.39, 0.29) is 5.97 Å². The molecule has 0 bridgehead atoms. The first-order valence-corrected chi connectivity index (χ1v) is 9.75. The summed E-state index contributed by atoms with van der Waals surface area (Å²) in [6.45, 7) is 8.59. The monoisotopic (exact) mass is 369 g/mol. The Hall–Kier alpha value is -2.56. The topological polar surface area (TPSA) is 63.2 Å². The second kappa shape index (κ2) is 11.2. The molecule has 1 aromatic heterocycles. The van der Waals surface area contributed by atoms with Gasteiger partial charge >= 0.3 is 5.97 Å². The van der Waals surface area contributed by atoms with Crippen molar-refractivity contribution in [3.63, 3.8) is 0 Å². The molecule has 0 aromatic carbocycles. The summed E-state index contributed by atoms with van der Waals surface area (Å²) in [6, 6.07) is 4.43. The number of hydrogen-bond donors (Lipinski definition) is 2. The molecule has 0 radical (unpaired) electrons. The van der Waals surface area contributed by atoms with Crippen LogP contribution in [0.25, 0.3) is 0 Å². The number of esters is 1. The number of nitrogens with zero attached hydrogens (tertiary/aromatic N) is 1. The van der Waals surface area contributed by atoms with Gasteiger partial charge in [-0.05, 0) is 50.5 Å². The van der Waals surface area contributed by atoms with Crippen LogP contribution < -0.4 is 10.6 Å². The minimum absolute atomic E-state index is 0.340. The van der Waals surface area contributed by atoms with Gasteiger partial charge in [-0.15, -0.1) is 0 Å². The van der Waals surface area contributed by atoms with E-state index in [9.17, 15) is 4.79 Å². The van der Waals surface area contributed by atoms with Gasteiger partial charge in [0, 0.05) is 30.7 Å². The SMILES string of the molecule is C=C/C(=C\C(NCc1ccncc1)=C(/C)NC1CCCCC1)C(=O)OCC. The maximum atomic E-state index is 12.2. The number of pyridine rings is 1. The maximum absolute atomic E-state index is 12.2. The molecule has 1 heterocycles. The predicted molar refractivity (Wildman–Crippen MR) is 109 cm³/mol. The van der Waals surface area contributed by atoms with Gasteiger partial charge in [0.15, 0.2) is 0 Å². The summed E-state index contributed by atoms with van der Waals surface area (Å²) in [4.78, 5) is 16.2. The van der Waals surface area contributed by atoms with Crippen molar-refractivity contribution < 1.29 is 9.53 Å². The lowest BCUT2D eigenvalue weighted by Gasteiger charge is -2.25. The van der Waals surface area contributed by atoms with Crippen molar-refractivity contribution in [2.24, 2.45) is 0 Å². The van der Waals surface area contributed by atoms with Crippen molar-refractivity contribution in [1.29, 1.82) is 0 Å². The van der Waals surface area contributed by atoms with Gasteiger partial charge < -0.3 is 15.4 Å². The van der Waals surface area contributed by atoms with Crippen LogP contribution in [0.2, 0.25) is 0 Å². The first kappa shape index (κ1) is 20.7. The summed E-state index contributed by atoms with van der Waals surface area (Å²) in [7, 11) is 0. The average Bonchev–Trinajstić information content (AvgIpc) is 2.69. The first-order valence-electron chi connectivity index (χ1n) is 9.75. The van der Waals surface area contributed by atoms with Crippen LogP contribution in [0.1, 0.15) is 51.5 Å². The number of ether oxygens (including phenoxy) is 1. The van der Waals surface area contributed by atoms with E-state index in [4.69, 9.17) is 4.74 Å². The molecule has 1 fully saturated rings. The third-order valence-electron chi connectivity index (χ3n) is 4.69. The molecule has 0 unspecified atom stereocenters. The highest BCUT2D eigenvalue weighted by Gasteiger charge is 2.15. The molecule has 0 amide bonds. The minimum atomic E-state index is -0.360. The van der Waals surface area contributed by atoms with Gasteiger partial charge in [0.2, 0.25) is 0 Å². The van der Waals surface area contributed by atoms with Crippen LogP contribution in [0.4, 0.5) is 0 Å². The number of carbonyl (C=O) groups excluding carboxylic acids is 1. The molecule has 1 aliphatic rings. The number of hydrogen-bond acceptors (Lipinski definition) is 5. The summed E-state index contributed by atoms with van der Waals surface area (Å²) in [6.07, 6.45) is 13.1. The number of carbonyl (C=O) groups is 1. The summed E-state index contributed by atoms with van der Waals surface area (Å²) < 4.78 is 5.13. The Morgan fingerprint density at radius 3 is 2.63 bits per heavy atom. The van der Waals surface area contributed by atoms with E-state index in [1.165, 1.54) is 32.1 Å². The van der Waals surface area contributed by atoms with Crippen molar-refractivity contribution in [2.75, 3.05) is 6.61 Å². The fourth-order valence-corrected chi connectivity index (χ4v) is 3.19. The molecule has 27 heavy (non-hydrogen) atoms. The zero-order valence-electron chi connectivity index (χ0n) is 16.5. The van der Waals surface area contributed by atoms with E-state index in [1.807, 2.05) is 25.1 Å². The Labute approximate surface area is 162 Å². The van der Waals surface area contributed by atoms with E-state index in [1.54, 1.807) is 25.4 Å². The third-order valence-corrected chi connectivity index (χ3v) is 4.69. The lowest BCUT2D eigenvalue weighted by atomic mass is 9.95. The fourth-order valence-electron chi connectivity index (χ4n) is 3.19. The Kier molecular flexibility index (Phi) is 8.62. The van der Waals surface area contributed by atoms with E-state index < -0.39 is 0 Å². The predicted octanol–water partition coefficient (Wildman–Crippen LogP) is 4.00.